The molecule has 0 saturated heterocycles. The van der Waals surface area contributed by atoms with Crippen LogP contribution in [-0.2, 0) is 16.2 Å². The molecule has 5 nitrogen and oxygen atoms in total. The molecule has 0 aliphatic rings. The van der Waals surface area contributed by atoms with E-state index in [0.29, 0.717) is 6.07 Å². The first-order valence-electron chi connectivity index (χ1n) is 6.23. The molecule has 0 spiro atoms. The number of halogens is 4. The zero-order valence-corrected chi connectivity index (χ0v) is 14.0. The first kappa shape index (κ1) is 18.3. The number of benzene rings is 2. The van der Waals surface area contributed by atoms with Crippen molar-refractivity contribution < 1.29 is 31.5 Å². The lowest BCUT2D eigenvalue weighted by atomic mass is 10.2. The third-order valence-corrected chi connectivity index (χ3v) is 4.83. The van der Waals surface area contributed by atoms with Crippen LogP contribution in [0.5, 0.6) is 0 Å². The van der Waals surface area contributed by atoms with E-state index in [4.69, 9.17) is 5.11 Å². The molecule has 24 heavy (non-hydrogen) atoms. The number of sulfonamides is 1. The van der Waals surface area contributed by atoms with Crippen molar-refractivity contribution >= 4 is 37.6 Å². The van der Waals surface area contributed by atoms with Gasteiger partial charge >= 0.3 is 12.1 Å². The fourth-order valence-corrected chi connectivity index (χ4v) is 3.50. The standard InChI is InChI=1S/C14H9BrF3NO4S/c15-9-4-5-12(11(7-9)14(16,17)18)24(22,23)19-10-3-1-2-8(6-10)13(20)21/h1-7,19H,(H,20,21). The van der Waals surface area contributed by atoms with Crippen LogP contribution in [-0.4, -0.2) is 19.5 Å². The molecule has 10 heteroatoms. The Morgan fingerprint density at radius 2 is 1.79 bits per heavy atom. The van der Waals surface area contributed by atoms with Gasteiger partial charge in [0.05, 0.1) is 16.0 Å². The Bertz CT molecular complexity index is 897. The molecule has 0 amide bonds. The third kappa shape index (κ3) is 4.06. The van der Waals surface area contributed by atoms with Crippen LogP contribution in [0.4, 0.5) is 18.9 Å². The number of anilines is 1. The summed E-state index contributed by atoms with van der Waals surface area (Å²) >= 11 is 2.87. The maximum Gasteiger partial charge on any atom is 0.417 e. The molecule has 0 atom stereocenters. The molecular weight excluding hydrogens is 415 g/mol. The van der Waals surface area contributed by atoms with Crippen LogP contribution < -0.4 is 4.72 Å². The van der Waals surface area contributed by atoms with Crippen LogP contribution in [0.2, 0.25) is 0 Å². The molecule has 2 rings (SSSR count). The van der Waals surface area contributed by atoms with Gasteiger partial charge < -0.3 is 5.11 Å². The summed E-state index contributed by atoms with van der Waals surface area (Å²) in [5.74, 6) is -1.30. The summed E-state index contributed by atoms with van der Waals surface area (Å²) in [7, 11) is -4.57. The molecule has 0 saturated carbocycles. The van der Waals surface area contributed by atoms with Crippen molar-refractivity contribution in [1.82, 2.24) is 0 Å². The lowest BCUT2D eigenvalue weighted by Gasteiger charge is -2.15. The molecule has 0 bridgehead atoms. The SMILES string of the molecule is O=C(O)c1cccc(NS(=O)(=O)c2ccc(Br)cc2C(F)(F)F)c1. The van der Waals surface area contributed by atoms with Gasteiger partial charge in [-0.25, -0.2) is 13.2 Å². The Labute approximate surface area is 143 Å². The van der Waals surface area contributed by atoms with Gasteiger partial charge in [0.25, 0.3) is 10.0 Å². The predicted octanol–water partition coefficient (Wildman–Crippen LogP) is 3.97. The lowest BCUT2D eigenvalue weighted by Crippen LogP contribution is -2.19. The second kappa shape index (κ2) is 6.44. The molecule has 2 aromatic carbocycles. The zero-order valence-electron chi connectivity index (χ0n) is 11.6. The fourth-order valence-electron chi connectivity index (χ4n) is 1.88. The normalized spacial score (nSPS) is 12.0. The minimum atomic E-state index is -4.88. The second-order valence-corrected chi connectivity index (χ2v) is 7.20. The highest BCUT2D eigenvalue weighted by molar-refractivity contribution is 9.10. The van der Waals surface area contributed by atoms with E-state index in [9.17, 15) is 26.4 Å². The van der Waals surface area contributed by atoms with Crippen molar-refractivity contribution in [3.8, 4) is 0 Å². The number of rotatable bonds is 4. The Kier molecular flexibility index (Phi) is 4.90. The smallest absolute Gasteiger partial charge is 0.417 e. The van der Waals surface area contributed by atoms with Crippen molar-refractivity contribution in [2.75, 3.05) is 4.72 Å². The van der Waals surface area contributed by atoms with Gasteiger partial charge in [0, 0.05) is 10.2 Å². The van der Waals surface area contributed by atoms with Gasteiger partial charge in [-0.3, -0.25) is 4.72 Å². The van der Waals surface area contributed by atoms with Crippen molar-refractivity contribution in [1.29, 1.82) is 0 Å². The third-order valence-electron chi connectivity index (χ3n) is 2.90. The van der Waals surface area contributed by atoms with E-state index < -0.39 is 32.6 Å². The highest BCUT2D eigenvalue weighted by Crippen LogP contribution is 2.36. The minimum absolute atomic E-state index is 0.0710. The van der Waals surface area contributed by atoms with Crippen LogP contribution in [0.25, 0.3) is 0 Å². The van der Waals surface area contributed by atoms with E-state index in [1.807, 2.05) is 4.72 Å². The first-order chi connectivity index (χ1) is 11.0. The molecule has 2 N–H and O–H groups in total. The average Bonchev–Trinajstić information content (AvgIpc) is 2.45. The zero-order chi connectivity index (χ0) is 18.1. The quantitative estimate of drug-likeness (QED) is 0.779. The molecule has 0 aliphatic heterocycles. The minimum Gasteiger partial charge on any atom is -0.478 e. The van der Waals surface area contributed by atoms with E-state index in [1.54, 1.807) is 0 Å². The van der Waals surface area contributed by atoms with E-state index >= 15 is 0 Å². The molecule has 2 aromatic rings. The summed E-state index contributed by atoms with van der Waals surface area (Å²) in [5.41, 5.74) is -1.70. The summed E-state index contributed by atoms with van der Waals surface area (Å²) in [4.78, 5) is 9.92. The van der Waals surface area contributed by atoms with Crippen LogP contribution in [0.3, 0.4) is 0 Å². The second-order valence-electron chi connectivity index (χ2n) is 4.63. The molecule has 0 fully saturated rings. The molecule has 0 aliphatic carbocycles. The maximum atomic E-state index is 13.1. The maximum absolute atomic E-state index is 13.1. The molecule has 0 heterocycles. The number of hydrogen-bond acceptors (Lipinski definition) is 3. The number of aromatic carboxylic acids is 1. The van der Waals surface area contributed by atoms with Crippen LogP contribution in [0.15, 0.2) is 51.8 Å². The number of hydrogen-bond donors (Lipinski definition) is 2. The number of carboxylic acid groups (broad SMARTS) is 1. The van der Waals surface area contributed by atoms with E-state index in [1.165, 1.54) is 18.2 Å². The number of nitrogens with one attached hydrogen (secondary N) is 1. The molecule has 0 unspecified atom stereocenters. The summed E-state index contributed by atoms with van der Waals surface area (Å²) < 4.78 is 65.8. The van der Waals surface area contributed by atoms with Gasteiger partial charge in [0.2, 0.25) is 0 Å². The van der Waals surface area contributed by atoms with Gasteiger partial charge in [-0.15, -0.1) is 0 Å². The van der Waals surface area contributed by atoms with Gasteiger partial charge in [-0.1, -0.05) is 22.0 Å². The van der Waals surface area contributed by atoms with E-state index in [2.05, 4.69) is 15.9 Å². The van der Waals surface area contributed by atoms with E-state index in [-0.39, 0.29) is 15.7 Å². The topological polar surface area (TPSA) is 83.5 Å². The Morgan fingerprint density at radius 3 is 2.38 bits per heavy atom. The molecule has 128 valence electrons. The van der Waals surface area contributed by atoms with Gasteiger partial charge in [0.15, 0.2) is 0 Å². The molecule has 0 aromatic heterocycles. The number of alkyl halides is 3. The summed E-state index contributed by atoms with van der Waals surface area (Å²) in [6, 6.07) is 7.37. The van der Waals surface area contributed by atoms with Crippen LogP contribution >= 0.6 is 15.9 Å². The van der Waals surface area contributed by atoms with Crippen molar-refractivity contribution in [2.24, 2.45) is 0 Å². The van der Waals surface area contributed by atoms with Crippen LogP contribution in [0.1, 0.15) is 15.9 Å². The van der Waals surface area contributed by atoms with Crippen molar-refractivity contribution in [3.63, 3.8) is 0 Å². The van der Waals surface area contributed by atoms with Gasteiger partial charge in [-0.2, -0.15) is 13.2 Å². The predicted molar refractivity (Wildman–Crippen MR) is 83.4 cm³/mol. The summed E-state index contributed by atoms with van der Waals surface area (Å²) in [6.07, 6.45) is -4.88. The average molecular weight is 424 g/mol. The highest BCUT2D eigenvalue weighted by atomic mass is 79.9. The Balaban J connectivity index is 2.49. The van der Waals surface area contributed by atoms with Gasteiger partial charge in [-0.05, 0) is 36.4 Å². The summed E-state index contributed by atoms with van der Waals surface area (Å²) in [6.45, 7) is 0. The fraction of sp³-hybridized carbons (Fsp3) is 0.0714. The number of carboxylic acids is 1. The number of carbonyl (C=O) groups is 1. The summed E-state index contributed by atoms with van der Waals surface area (Å²) in [5, 5.41) is 8.87. The van der Waals surface area contributed by atoms with Gasteiger partial charge in [0.1, 0.15) is 0 Å². The van der Waals surface area contributed by atoms with Crippen molar-refractivity contribution in [2.45, 2.75) is 11.1 Å². The monoisotopic (exact) mass is 423 g/mol. The Hall–Kier alpha value is -2.07. The lowest BCUT2D eigenvalue weighted by molar-refractivity contribution is -0.139. The largest absolute Gasteiger partial charge is 0.478 e. The first-order valence-corrected chi connectivity index (χ1v) is 8.51. The Morgan fingerprint density at radius 1 is 1.12 bits per heavy atom. The molecule has 0 radical (unpaired) electrons. The highest BCUT2D eigenvalue weighted by Gasteiger charge is 2.37. The van der Waals surface area contributed by atoms with Crippen molar-refractivity contribution in [3.05, 3.63) is 58.1 Å². The van der Waals surface area contributed by atoms with Crippen LogP contribution in [0, 0.1) is 0 Å². The molecular formula is C14H9BrF3NO4S. The van der Waals surface area contributed by atoms with E-state index in [0.717, 1.165) is 18.2 Å².